The maximum absolute atomic E-state index is 11.0. The predicted octanol–water partition coefficient (Wildman–Crippen LogP) is 0.309. The van der Waals surface area contributed by atoms with Crippen molar-refractivity contribution in [3.63, 3.8) is 0 Å². The molecule has 0 amide bonds. The van der Waals surface area contributed by atoms with Crippen LogP contribution in [0.25, 0.3) is 0 Å². The fourth-order valence-corrected chi connectivity index (χ4v) is 1.24. The summed E-state index contributed by atoms with van der Waals surface area (Å²) in [5.74, 6) is 0.606. The van der Waals surface area contributed by atoms with Gasteiger partial charge in [-0.25, -0.2) is 4.98 Å². The highest BCUT2D eigenvalue weighted by Crippen LogP contribution is 2.04. The zero-order valence-electron chi connectivity index (χ0n) is 8.29. The summed E-state index contributed by atoms with van der Waals surface area (Å²) in [7, 11) is 0. The fourth-order valence-electron chi connectivity index (χ4n) is 1.24. The number of nitrogens with one attached hydrogen (secondary N) is 2. The van der Waals surface area contributed by atoms with Crippen molar-refractivity contribution in [1.82, 2.24) is 9.97 Å². The van der Waals surface area contributed by atoms with Crippen LogP contribution in [0.5, 0.6) is 0 Å². The van der Waals surface area contributed by atoms with Gasteiger partial charge in [0.15, 0.2) is 0 Å². The first-order valence-corrected chi connectivity index (χ1v) is 4.77. The van der Waals surface area contributed by atoms with Crippen LogP contribution in [0.15, 0.2) is 17.2 Å². The molecule has 1 heterocycles. The van der Waals surface area contributed by atoms with Gasteiger partial charge in [-0.05, 0) is 19.4 Å². The van der Waals surface area contributed by atoms with Crippen molar-refractivity contribution in [3.8, 4) is 0 Å². The van der Waals surface area contributed by atoms with Gasteiger partial charge in [-0.15, -0.1) is 0 Å². The molecule has 0 spiro atoms. The van der Waals surface area contributed by atoms with E-state index in [4.69, 9.17) is 5.73 Å². The van der Waals surface area contributed by atoms with Crippen molar-refractivity contribution >= 4 is 5.82 Å². The maximum Gasteiger partial charge on any atom is 0.252 e. The number of anilines is 1. The molecule has 0 fully saturated rings. The Labute approximate surface area is 82.7 Å². The van der Waals surface area contributed by atoms with Crippen LogP contribution in [0.3, 0.4) is 0 Å². The minimum atomic E-state index is -0.148. The van der Waals surface area contributed by atoms with Gasteiger partial charge >= 0.3 is 0 Å². The van der Waals surface area contributed by atoms with Gasteiger partial charge < -0.3 is 16.0 Å². The van der Waals surface area contributed by atoms with Crippen LogP contribution in [-0.4, -0.2) is 22.6 Å². The first-order chi connectivity index (χ1) is 6.76. The predicted molar refractivity (Wildman–Crippen MR) is 56.2 cm³/mol. The monoisotopic (exact) mass is 196 g/mol. The van der Waals surface area contributed by atoms with Crippen molar-refractivity contribution < 1.29 is 0 Å². The first-order valence-electron chi connectivity index (χ1n) is 4.77. The molecule has 14 heavy (non-hydrogen) atoms. The summed E-state index contributed by atoms with van der Waals surface area (Å²) >= 11 is 0. The highest BCUT2D eigenvalue weighted by atomic mass is 16.1. The van der Waals surface area contributed by atoms with E-state index in [2.05, 4.69) is 22.2 Å². The molecule has 0 aromatic carbocycles. The van der Waals surface area contributed by atoms with Gasteiger partial charge in [-0.1, -0.05) is 6.92 Å². The maximum atomic E-state index is 11.0. The zero-order valence-corrected chi connectivity index (χ0v) is 8.29. The molecule has 0 radical (unpaired) electrons. The van der Waals surface area contributed by atoms with Crippen LogP contribution >= 0.6 is 0 Å². The van der Waals surface area contributed by atoms with E-state index >= 15 is 0 Å². The van der Waals surface area contributed by atoms with Gasteiger partial charge in [-0.2, -0.15) is 0 Å². The van der Waals surface area contributed by atoms with Crippen molar-refractivity contribution in [2.45, 2.75) is 25.8 Å². The molecule has 0 aliphatic carbocycles. The number of H-pyrrole nitrogens is 1. The van der Waals surface area contributed by atoms with E-state index in [1.807, 2.05) is 0 Å². The number of nitrogens with zero attached hydrogens (tertiary/aromatic N) is 1. The van der Waals surface area contributed by atoms with Crippen molar-refractivity contribution in [2.24, 2.45) is 5.73 Å². The summed E-state index contributed by atoms with van der Waals surface area (Å²) < 4.78 is 0. The molecule has 5 heteroatoms. The summed E-state index contributed by atoms with van der Waals surface area (Å²) in [6.07, 6.45) is 3.23. The molecule has 1 atom stereocenters. The van der Waals surface area contributed by atoms with Crippen molar-refractivity contribution in [2.75, 3.05) is 11.9 Å². The third kappa shape index (κ3) is 3.18. The summed E-state index contributed by atoms with van der Waals surface area (Å²) in [6, 6.07) is 1.73. The van der Waals surface area contributed by atoms with E-state index in [0.29, 0.717) is 12.4 Å². The lowest BCUT2D eigenvalue weighted by Gasteiger charge is -2.15. The minimum Gasteiger partial charge on any atom is -0.367 e. The number of aromatic nitrogens is 2. The van der Waals surface area contributed by atoms with Crippen molar-refractivity contribution in [1.29, 1.82) is 0 Å². The highest BCUT2D eigenvalue weighted by molar-refractivity contribution is 5.32. The van der Waals surface area contributed by atoms with Crippen molar-refractivity contribution in [3.05, 3.63) is 22.7 Å². The highest BCUT2D eigenvalue weighted by Gasteiger charge is 2.05. The molecule has 0 saturated carbocycles. The molecule has 1 unspecified atom stereocenters. The number of hydrogen-bond donors (Lipinski definition) is 3. The fraction of sp³-hybridized carbons (Fsp3) is 0.556. The smallest absolute Gasteiger partial charge is 0.252 e. The van der Waals surface area contributed by atoms with E-state index in [-0.39, 0.29) is 11.6 Å². The number of hydrogen-bond acceptors (Lipinski definition) is 4. The molecule has 1 aromatic rings. The third-order valence-corrected chi connectivity index (χ3v) is 2.04. The van der Waals surface area contributed by atoms with Gasteiger partial charge in [0.2, 0.25) is 0 Å². The molecule has 0 aliphatic heterocycles. The lowest BCUT2D eigenvalue weighted by molar-refractivity contribution is 0.639. The molecule has 1 rings (SSSR count). The summed E-state index contributed by atoms with van der Waals surface area (Å²) in [5, 5.41) is 3.16. The summed E-state index contributed by atoms with van der Waals surface area (Å²) in [5.41, 5.74) is 5.31. The molecular formula is C9H16N4O. The normalized spacial score (nSPS) is 12.4. The molecule has 0 aliphatic rings. The van der Waals surface area contributed by atoms with Gasteiger partial charge in [0.25, 0.3) is 5.56 Å². The lowest BCUT2D eigenvalue weighted by Crippen LogP contribution is -2.23. The Morgan fingerprint density at radius 1 is 1.71 bits per heavy atom. The molecule has 0 bridgehead atoms. The second kappa shape index (κ2) is 5.39. The molecule has 0 saturated heterocycles. The minimum absolute atomic E-state index is 0.148. The van der Waals surface area contributed by atoms with E-state index in [0.717, 1.165) is 12.8 Å². The molecule has 1 aromatic heterocycles. The Morgan fingerprint density at radius 2 is 2.50 bits per heavy atom. The number of aromatic amines is 1. The van der Waals surface area contributed by atoms with Gasteiger partial charge in [-0.3, -0.25) is 4.79 Å². The summed E-state index contributed by atoms with van der Waals surface area (Å²) in [4.78, 5) is 17.4. The number of nitrogens with two attached hydrogens (primary N) is 1. The molecule has 4 N–H and O–H groups in total. The van der Waals surface area contributed by atoms with Crippen LogP contribution in [0, 0.1) is 0 Å². The average Bonchev–Trinajstić information content (AvgIpc) is 2.17. The Bertz CT molecular complexity index is 323. The van der Waals surface area contributed by atoms with E-state index in [1.165, 1.54) is 12.4 Å². The van der Waals surface area contributed by atoms with Crippen LogP contribution in [0.4, 0.5) is 5.82 Å². The van der Waals surface area contributed by atoms with Gasteiger partial charge in [0, 0.05) is 12.1 Å². The average molecular weight is 196 g/mol. The quantitative estimate of drug-likeness (QED) is 0.632. The van der Waals surface area contributed by atoms with Gasteiger partial charge in [0.1, 0.15) is 5.82 Å². The van der Waals surface area contributed by atoms with E-state index in [1.54, 1.807) is 0 Å². The van der Waals surface area contributed by atoms with Crippen LogP contribution in [0.2, 0.25) is 0 Å². The second-order valence-electron chi connectivity index (χ2n) is 3.12. The Hall–Kier alpha value is -1.36. The van der Waals surface area contributed by atoms with E-state index in [9.17, 15) is 4.79 Å². The second-order valence-corrected chi connectivity index (χ2v) is 3.12. The van der Waals surface area contributed by atoms with Crippen LogP contribution in [0.1, 0.15) is 19.8 Å². The number of rotatable bonds is 5. The molecule has 5 nitrogen and oxygen atoms in total. The molecular weight excluding hydrogens is 180 g/mol. The third-order valence-electron chi connectivity index (χ3n) is 2.04. The first kappa shape index (κ1) is 10.7. The van der Waals surface area contributed by atoms with Gasteiger partial charge in [0.05, 0.1) is 6.33 Å². The van der Waals surface area contributed by atoms with E-state index < -0.39 is 0 Å². The summed E-state index contributed by atoms with van der Waals surface area (Å²) in [6.45, 7) is 2.70. The van der Waals surface area contributed by atoms with Crippen LogP contribution < -0.4 is 16.6 Å². The SMILES string of the molecule is CCC(CCN)Nc1cc(=O)[nH]cn1. The molecule has 78 valence electrons. The van der Waals surface area contributed by atoms with Crippen LogP contribution in [-0.2, 0) is 0 Å². The Balaban J connectivity index is 2.62. The largest absolute Gasteiger partial charge is 0.367 e. The Kier molecular flexibility index (Phi) is 4.12. The standard InChI is InChI=1S/C9H16N4O/c1-2-7(3-4-10)13-8-5-9(14)12-6-11-8/h5-7H,2-4,10H2,1H3,(H2,11,12,13,14). The lowest BCUT2D eigenvalue weighted by atomic mass is 10.1. The Morgan fingerprint density at radius 3 is 3.07 bits per heavy atom. The zero-order chi connectivity index (χ0) is 10.4. The topological polar surface area (TPSA) is 83.8 Å².